The number of allylic oxidation sites excluding steroid dienone is 3. The quantitative estimate of drug-likeness (QED) is 0.514. The smallest absolute Gasteiger partial charge is 1.00 e. The Hall–Kier alpha value is 1.12. The van der Waals surface area contributed by atoms with E-state index in [1.54, 1.807) is 9.45 Å². The number of rotatable bonds is 5. The Morgan fingerprint density at radius 2 is 2.07 bits per heavy atom. The Bertz CT molecular complexity index is 227. The second-order valence-electron chi connectivity index (χ2n) is 3.31. The zero-order valence-corrected chi connectivity index (χ0v) is 13.1. The average Bonchev–Trinajstić information content (AvgIpc) is 2.54. The van der Waals surface area contributed by atoms with Gasteiger partial charge in [0, 0.05) is 0 Å². The average molecular weight is 300 g/mol. The molecule has 0 amide bonds. The van der Waals surface area contributed by atoms with E-state index in [9.17, 15) is 0 Å². The van der Waals surface area contributed by atoms with Crippen LogP contribution < -0.4 is 24.8 Å². The molecule has 4 heteroatoms. The Balaban J connectivity index is 0. The van der Waals surface area contributed by atoms with Crippen molar-refractivity contribution in [2.24, 2.45) is 0 Å². The van der Waals surface area contributed by atoms with Gasteiger partial charge in [0.1, 0.15) is 0 Å². The van der Waals surface area contributed by atoms with Crippen LogP contribution in [0.1, 0.15) is 33.1 Å². The molecule has 1 rings (SSSR count). The first-order valence-electron chi connectivity index (χ1n) is 5.02. The molecule has 0 bridgehead atoms. The maximum Gasteiger partial charge on any atom is -1.00 e. The zero-order chi connectivity index (χ0) is 9.68. The topological polar surface area (TPSA) is 0 Å². The Morgan fingerprint density at radius 1 is 1.40 bits per heavy atom. The summed E-state index contributed by atoms with van der Waals surface area (Å²) in [6.07, 6.45) is 8.35. The molecule has 15 heavy (non-hydrogen) atoms. The largest absolute Gasteiger partial charge is 1.00 e. The molecule has 0 aromatic rings. The third kappa shape index (κ3) is 5.84. The van der Waals surface area contributed by atoms with E-state index in [4.69, 9.17) is 0 Å². The Morgan fingerprint density at radius 3 is 2.47 bits per heavy atom. The van der Waals surface area contributed by atoms with Crippen molar-refractivity contribution in [1.29, 1.82) is 0 Å². The molecule has 1 atom stereocenters. The summed E-state index contributed by atoms with van der Waals surface area (Å²) >= 11 is 4.38. The summed E-state index contributed by atoms with van der Waals surface area (Å²) in [4.78, 5) is 0. The van der Waals surface area contributed by atoms with Crippen LogP contribution in [0.3, 0.4) is 0 Å². The van der Waals surface area contributed by atoms with E-state index >= 15 is 0 Å². The second-order valence-corrected chi connectivity index (χ2v) is 5.56. The van der Waals surface area contributed by atoms with Crippen molar-refractivity contribution in [2.45, 2.75) is 38.4 Å². The van der Waals surface area contributed by atoms with Crippen LogP contribution in [0.25, 0.3) is 0 Å². The van der Waals surface area contributed by atoms with E-state index in [1.807, 2.05) is 0 Å². The van der Waals surface area contributed by atoms with Gasteiger partial charge in [-0.05, 0) is 0 Å². The Labute approximate surface area is 122 Å². The predicted molar refractivity (Wildman–Crippen MR) is 57.6 cm³/mol. The van der Waals surface area contributed by atoms with Gasteiger partial charge in [-0.2, -0.15) is 0 Å². The van der Waals surface area contributed by atoms with Gasteiger partial charge in [-0.3, -0.25) is 0 Å². The molecule has 1 aliphatic carbocycles. The maximum atomic E-state index is 2.33. The van der Waals surface area contributed by atoms with Crippen LogP contribution in [0.4, 0.5) is 0 Å². The van der Waals surface area contributed by atoms with Crippen LogP contribution in [0.15, 0.2) is 21.6 Å². The first-order valence-corrected chi connectivity index (χ1v) is 6.85. The second kappa shape index (κ2) is 10.3. The van der Waals surface area contributed by atoms with E-state index < -0.39 is 0 Å². The third-order valence-electron chi connectivity index (χ3n) is 2.21. The molecular formula is C11H17Cl2STi. The van der Waals surface area contributed by atoms with Gasteiger partial charge in [-0.1, -0.05) is 0 Å². The summed E-state index contributed by atoms with van der Waals surface area (Å²) in [5.41, 5.74) is 1.60. The first-order chi connectivity index (χ1) is 6.29. The van der Waals surface area contributed by atoms with Crippen molar-refractivity contribution in [1.82, 2.24) is 0 Å². The predicted octanol–water partition coefficient (Wildman–Crippen LogP) is -2.32. The molecule has 0 saturated carbocycles. The van der Waals surface area contributed by atoms with Crippen LogP contribution in [0.2, 0.25) is 0 Å². The van der Waals surface area contributed by atoms with Crippen LogP contribution in [-0.2, 0) is 20.4 Å². The summed E-state index contributed by atoms with van der Waals surface area (Å²) in [6, 6.07) is 0. The zero-order valence-electron chi connectivity index (χ0n) is 9.22. The van der Waals surface area contributed by atoms with Crippen molar-refractivity contribution in [2.75, 3.05) is 5.75 Å². The van der Waals surface area contributed by atoms with E-state index in [0.29, 0.717) is 0 Å². The van der Waals surface area contributed by atoms with E-state index in [-0.39, 0.29) is 24.8 Å². The third-order valence-corrected chi connectivity index (χ3v) is 4.61. The number of thioether (sulfide) groups is 1. The summed E-state index contributed by atoms with van der Waals surface area (Å²) in [6.45, 7) is 4.55. The molecule has 0 aromatic carbocycles. The van der Waals surface area contributed by atoms with Crippen molar-refractivity contribution in [3.05, 3.63) is 21.6 Å². The standard InChI is InChI=1S/C11H17S.2ClH.Ti/c1-3-9-12-11(4-2)10-7-5-6-8-10;;;/h5,7,11H,3-4,6,9H2,1-2H3;2*1H;/q;;;+2/p-2. The molecule has 0 nitrogen and oxygen atoms in total. The van der Waals surface area contributed by atoms with Gasteiger partial charge in [0.25, 0.3) is 0 Å². The van der Waals surface area contributed by atoms with E-state index in [0.717, 1.165) is 5.25 Å². The number of halogens is 2. The van der Waals surface area contributed by atoms with Gasteiger partial charge < -0.3 is 24.8 Å². The molecule has 0 fully saturated rings. The fourth-order valence-electron chi connectivity index (χ4n) is 1.51. The van der Waals surface area contributed by atoms with E-state index in [1.165, 1.54) is 25.0 Å². The van der Waals surface area contributed by atoms with Crippen molar-refractivity contribution in [3.63, 3.8) is 0 Å². The van der Waals surface area contributed by atoms with Crippen LogP contribution in [-0.4, -0.2) is 11.0 Å². The summed E-state index contributed by atoms with van der Waals surface area (Å²) < 4.78 is 1.58. The van der Waals surface area contributed by atoms with Crippen molar-refractivity contribution < 1.29 is 45.2 Å². The molecule has 0 spiro atoms. The molecule has 85 valence electrons. The molecule has 0 heterocycles. The van der Waals surface area contributed by atoms with Crippen LogP contribution >= 0.6 is 11.8 Å². The van der Waals surface area contributed by atoms with Crippen LogP contribution in [0, 0.1) is 0 Å². The molecule has 0 aromatic heterocycles. The molecule has 0 aliphatic heterocycles. The fourth-order valence-corrected chi connectivity index (χ4v) is 3.42. The first kappa shape index (κ1) is 18.5. The molecule has 0 saturated heterocycles. The van der Waals surface area contributed by atoms with E-state index in [2.05, 4.69) is 58.2 Å². The van der Waals surface area contributed by atoms with Crippen molar-refractivity contribution >= 4 is 11.8 Å². The summed E-state index contributed by atoms with van der Waals surface area (Å²) in [5, 5.41) is 0.749. The SMILES string of the molecule is CCCSC(CC)C1=[C]([Ti+2])CC=C1.[Cl-].[Cl-]. The molecule has 0 radical (unpaired) electrons. The van der Waals surface area contributed by atoms with Gasteiger partial charge in [-0.25, -0.2) is 0 Å². The minimum absolute atomic E-state index is 0. The van der Waals surface area contributed by atoms with Gasteiger partial charge in [0.15, 0.2) is 0 Å². The van der Waals surface area contributed by atoms with Gasteiger partial charge >= 0.3 is 97.9 Å². The van der Waals surface area contributed by atoms with Gasteiger partial charge in [0.05, 0.1) is 0 Å². The Kier molecular flexibility index (Phi) is 12.7. The van der Waals surface area contributed by atoms with Crippen molar-refractivity contribution in [3.8, 4) is 0 Å². The molecule has 0 N–H and O–H groups in total. The van der Waals surface area contributed by atoms with Gasteiger partial charge in [-0.15, -0.1) is 0 Å². The maximum absolute atomic E-state index is 2.33. The minimum Gasteiger partial charge on any atom is -1.00 e. The summed E-state index contributed by atoms with van der Waals surface area (Å²) in [5.74, 6) is 1.29. The molecule has 1 aliphatic rings. The number of hydrogen-bond acceptors (Lipinski definition) is 1. The molecule has 1 unspecified atom stereocenters. The van der Waals surface area contributed by atoms with Gasteiger partial charge in [0.2, 0.25) is 0 Å². The summed E-state index contributed by atoms with van der Waals surface area (Å²) in [7, 11) is 0. The monoisotopic (exact) mass is 299 g/mol. The fraction of sp³-hybridized carbons (Fsp3) is 0.636. The van der Waals surface area contributed by atoms with Crippen LogP contribution in [0.5, 0.6) is 0 Å². The normalized spacial score (nSPS) is 16.0. The number of hydrogen-bond donors (Lipinski definition) is 0. The molecular weight excluding hydrogens is 283 g/mol. The minimum atomic E-state index is 0.